The van der Waals surface area contributed by atoms with Gasteiger partial charge in [0.2, 0.25) is 11.3 Å². The van der Waals surface area contributed by atoms with Crippen LogP contribution in [0.4, 0.5) is 10.1 Å². The normalized spacial score (nSPS) is 14.8. The van der Waals surface area contributed by atoms with Crippen LogP contribution in [0.2, 0.25) is 0 Å². The number of hydrogen-bond acceptors (Lipinski definition) is 4. The van der Waals surface area contributed by atoms with Crippen molar-refractivity contribution in [2.24, 2.45) is 0 Å². The van der Waals surface area contributed by atoms with Crippen LogP contribution in [0.1, 0.15) is 42.7 Å². The van der Waals surface area contributed by atoms with Crippen LogP contribution in [0.5, 0.6) is 0 Å². The average Bonchev–Trinajstić information content (AvgIpc) is 2.84. The Morgan fingerprint density at radius 3 is 2.38 bits per heavy atom. The van der Waals surface area contributed by atoms with Gasteiger partial charge in [-0.3, -0.25) is 14.4 Å². The van der Waals surface area contributed by atoms with Gasteiger partial charge in [-0.05, 0) is 31.5 Å². The molecule has 0 aliphatic carbocycles. The molecule has 7 nitrogen and oxygen atoms in total. The van der Waals surface area contributed by atoms with Gasteiger partial charge < -0.3 is 19.7 Å². The maximum Gasteiger partial charge on any atom is 0.257 e. The van der Waals surface area contributed by atoms with Gasteiger partial charge in [0.15, 0.2) is 0 Å². The second-order valence-corrected chi connectivity index (χ2v) is 8.58. The van der Waals surface area contributed by atoms with Crippen LogP contribution in [-0.2, 0) is 11.3 Å². The summed E-state index contributed by atoms with van der Waals surface area (Å²) in [6, 6.07) is 12.1. The molecule has 8 heteroatoms. The van der Waals surface area contributed by atoms with Gasteiger partial charge in [0.1, 0.15) is 11.4 Å². The Morgan fingerprint density at radius 2 is 1.76 bits per heavy atom. The number of halogens is 1. The van der Waals surface area contributed by atoms with E-state index in [0.29, 0.717) is 43.9 Å². The van der Waals surface area contributed by atoms with E-state index in [1.54, 1.807) is 21.7 Å². The molecule has 2 aromatic carbocycles. The van der Waals surface area contributed by atoms with Crippen LogP contribution in [0.25, 0.3) is 10.9 Å². The van der Waals surface area contributed by atoms with Crippen LogP contribution >= 0.6 is 0 Å². The number of fused-ring (bicyclic) bond motifs is 1. The maximum absolute atomic E-state index is 15.2. The number of nitrogens with one attached hydrogen (secondary N) is 1. The molecule has 2 heterocycles. The van der Waals surface area contributed by atoms with E-state index in [0.717, 1.165) is 5.56 Å². The summed E-state index contributed by atoms with van der Waals surface area (Å²) in [6.07, 6.45) is 1.55. The number of piperazine rings is 1. The fraction of sp³-hybridized carbons (Fsp3) is 0.346. The molecule has 0 bridgehead atoms. The summed E-state index contributed by atoms with van der Waals surface area (Å²) in [5.41, 5.74) is 1.38. The predicted octanol–water partition coefficient (Wildman–Crippen LogP) is 3.32. The largest absolute Gasteiger partial charge is 0.366 e. The molecule has 1 unspecified atom stereocenters. The molecule has 0 spiro atoms. The highest BCUT2D eigenvalue weighted by Crippen LogP contribution is 2.26. The topological polar surface area (TPSA) is 74.7 Å². The van der Waals surface area contributed by atoms with E-state index in [1.807, 2.05) is 49.1 Å². The van der Waals surface area contributed by atoms with E-state index >= 15 is 4.39 Å². The van der Waals surface area contributed by atoms with Crippen molar-refractivity contribution in [1.82, 2.24) is 14.8 Å². The molecule has 4 rings (SSSR count). The SMILES string of the molecule is CCn1cc(C(=O)NC(C)c2ccccc2)c(=O)c2cc(F)c(N3CCN(C(C)=O)CC3)cc21. The van der Waals surface area contributed by atoms with Crippen LogP contribution < -0.4 is 15.6 Å². The minimum Gasteiger partial charge on any atom is -0.366 e. The third-order valence-electron chi connectivity index (χ3n) is 6.45. The second-order valence-electron chi connectivity index (χ2n) is 8.58. The van der Waals surface area contributed by atoms with E-state index < -0.39 is 17.2 Å². The quantitative estimate of drug-likeness (QED) is 0.629. The maximum atomic E-state index is 15.2. The number of aromatic nitrogens is 1. The van der Waals surface area contributed by atoms with Crippen molar-refractivity contribution in [3.05, 3.63) is 75.8 Å². The average molecular weight is 465 g/mol. The molecular formula is C26H29FN4O3. The first-order valence-corrected chi connectivity index (χ1v) is 11.5. The summed E-state index contributed by atoms with van der Waals surface area (Å²) < 4.78 is 17.0. The number of aryl methyl sites for hydroxylation is 1. The molecule has 1 saturated heterocycles. The molecule has 1 aromatic heterocycles. The van der Waals surface area contributed by atoms with E-state index in [2.05, 4.69) is 5.32 Å². The Labute approximate surface area is 197 Å². The minimum absolute atomic E-state index is 0.00541. The predicted molar refractivity (Wildman–Crippen MR) is 131 cm³/mol. The molecule has 2 amide bonds. The van der Waals surface area contributed by atoms with Gasteiger partial charge in [-0.1, -0.05) is 30.3 Å². The number of benzene rings is 2. The highest BCUT2D eigenvalue weighted by atomic mass is 19.1. The lowest BCUT2D eigenvalue weighted by atomic mass is 10.1. The van der Waals surface area contributed by atoms with Gasteiger partial charge in [0.05, 0.1) is 17.2 Å². The molecule has 3 aromatic rings. The monoisotopic (exact) mass is 464 g/mol. The van der Waals surface area contributed by atoms with Crippen LogP contribution in [-0.4, -0.2) is 47.5 Å². The van der Waals surface area contributed by atoms with Gasteiger partial charge in [-0.2, -0.15) is 0 Å². The summed E-state index contributed by atoms with van der Waals surface area (Å²) in [4.78, 5) is 41.4. The third kappa shape index (κ3) is 4.53. The molecule has 1 aliphatic heterocycles. The van der Waals surface area contributed by atoms with E-state index in [4.69, 9.17) is 0 Å². The van der Waals surface area contributed by atoms with E-state index in [-0.39, 0.29) is 22.9 Å². The van der Waals surface area contributed by atoms with Crippen molar-refractivity contribution < 1.29 is 14.0 Å². The summed E-state index contributed by atoms with van der Waals surface area (Å²) in [5, 5.41) is 3.05. The Bertz CT molecular complexity index is 1280. The lowest BCUT2D eigenvalue weighted by Gasteiger charge is -2.36. The lowest BCUT2D eigenvalue weighted by Crippen LogP contribution is -2.48. The summed E-state index contributed by atoms with van der Waals surface area (Å²) >= 11 is 0. The zero-order valence-corrected chi connectivity index (χ0v) is 19.7. The number of nitrogens with zero attached hydrogens (tertiary/aromatic N) is 3. The minimum atomic E-state index is -0.515. The van der Waals surface area contributed by atoms with Gasteiger partial charge >= 0.3 is 0 Å². The highest BCUT2D eigenvalue weighted by Gasteiger charge is 2.24. The van der Waals surface area contributed by atoms with Crippen molar-refractivity contribution in [3.8, 4) is 0 Å². The second kappa shape index (κ2) is 9.67. The van der Waals surface area contributed by atoms with Gasteiger partial charge in [-0.25, -0.2) is 4.39 Å². The Hall–Kier alpha value is -3.68. The van der Waals surface area contributed by atoms with E-state index in [9.17, 15) is 14.4 Å². The molecule has 1 atom stereocenters. The molecule has 0 saturated carbocycles. The van der Waals surface area contributed by atoms with Gasteiger partial charge in [0.25, 0.3) is 5.91 Å². The molecule has 0 radical (unpaired) electrons. The lowest BCUT2D eigenvalue weighted by molar-refractivity contribution is -0.129. The summed E-state index contributed by atoms with van der Waals surface area (Å²) in [6.45, 7) is 7.86. The Morgan fingerprint density at radius 1 is 1.09 bits per heavy atom. The first kappa shape index (κ1) is 23.5. The summed E-state index contributed by atoms with van der Waals surface area (Å²) in [5.74, 6) is -1.00. The van der Waals surface area contributed by atoms with Crippen LogP contribution in [0, 0.1) is 5.82 Å². The van der Waals surface area contributed by atoms with E-state index in [1.165, 1.54) is 13.0 Å². The number of amides is 2. The van der Waals surface area contributed by atoms with Crippen LogP contribution in [0.3, 0.4) is 0 Å². The van der Waals surface area contributed by atoms with Crippen molar-refractivity contribution in [2.75, 3.05) is 31.1 Å². The van der Waals surface area contributed by atoms with Crippen molar-refractivity contribution in [1.29, 1.82) is 0 Å². The Balaban J connectivity index is 1.67. The molecule has 34 heavy (non-hydrogen) atoms. The third-order valence-corrected chi connectivity index (χ3v) is 6.45. The number of pyridine rings is 1. The first-order valence-electron chi connectivity index (χ1n) is 11.5. The van der Waals surface area contributed by atoms with Crippen molar-refractivity contribution in [3.63, 3.8) is 0 Å². The fourth-order valence-corrected chi connectivity index (χ4v) is 4.43. The zero-order chi connectivity index (χ0) is 24.4. The fourth-order valence-electron chi connectivity index (χ4n) is 4.43. The molecule has 1 aliphatic rings. The molecule has 1 N–H and O–H groups in total. The molecule has 178 valence electrons. The van der Waals surface area contributed by atoms with Crippen LogP contribution in [0.15, 0.2) is 53.5 Å². The van der Waals surface area contributed by atoms with Crippen molar-refractivity contribution in [2.45, 2.75) is 33.4 Å². The highest BCUT2D eigenvalue weighted by molar-refractivity contribution is 5.98. The molecule has 1 fully saturated rings. The van der Waals surface area contributed by atoms with Crippen molar-refractivity contribution >= 4 is 28.4 Å². The smallest absolute Gasteiger partial charge is 0.257 e. The first-order chi connectivity index (χ1) is 16.3. The van der Waals surface area contributed by atoms with Gasteiger partial charge in [0, 0.05) is 51.2 Å². The Kier molecular flexibility index (Phi) is 6.68. The number of carbonyl (C=O) groups is 2. The number of carbonyl (C=O) groups excluding carboxylic acids is 2. The molecular weight excluding hydrogens is 435 g/mol. The standard InChI is InChI=1S/C26H29FN4O3/c1-4-29-16-21(26(34)28-17(2)19-8-6-5-7-9-19)25(33)20-14-22(27)24(15-23(20)29)31-12-10-30(11-13-31)18(3)32/h5-9,14-17H,4,10-13H2,1-3H3,(H,28,34). The number of hydrogen-bond donors (Lipinski definition) is 1. The zero-order valence-electron chi connectivity index (χ0n) is 19.7. The van der Waals surface area contributed by atoms with Gasteiger partial charge in [-0.15, -0.1) is 0 Å². The number of rotatable bonds is 5. The number of anilines is 1. The summed E-state index contributed by atoms with van der Waals surface area (Å²) in [7, 11) is 0.